The number of hydrogen-bond acceptors (Lipinski definition) is 12. The van der Waals surface area contributed by atoms with Crippen molar-refractivity contribution >= 4 is 33.3 Å². The number of ketones is 1. The molecular formula is C34H36O10S2. The van der Waals surface area contributed by atoms with Crippen molar-refractivity contribution in [2.24, 2.45) is 0 Å². The van der Waals surface area contributed by atoms with Crippen molar-refractivity contribution in [3.05, 3.63) is 70.8 Å². The van der Waals surface area contributed by atoms with Crippen molar-refractivity contribution in [3.8, 4) is 34.5 Å². The summed E-state index contributed by atoms with van der Waals surface area (Å²) in [7, 11) is 5.28. The van der Waals surface area contributed by atoms with E-state index in [1.165, 1.54) is 31.4 Å². The van der Waals surface area contributed by atoms with Crippen LogP contribution in [0.25, 0.3) is 0 Å². The fourth-order valence-electron chi connectivity index (χ4n) is 6.20. The third kappa shape index (κ3) is 6.84. The van der Waals surface area contributed by atoms with Crippen LogP contribution >= 0.6 is 21.6 Å². The Morgan fingerprint density at radius 1 is 0.978 bits per heavy atom. The maximum atomic E-state index is 13.0. The van der Waals surface area contributed by atoms with E-state index in [-0.39, 0.29) is 47.6 Å². The van der Waals surface area contributed by atoms with E-state index < -0.39 is 30.0 Å². The predicted octanol–water partition coefficient (Wildman–Crippen LogP) is 5.83. The molecule has 0 radical (unpaired) electrons. The summed E-state index contributed by atoms with van der Waals surface area (Å²) in [5.74, 6) is -0.0430. The van der Waals surface area contributed by atoms with E-state index in [1.54, 1.807) is 30.3 Å². The highest BCUT2D eigenvalue weighted by Crippen LogP contribution is 2.45. The first-order valence-corrected chi connectivity index (χ1v) is 17.6. The number of Topliss-reactive ketones (excluding diaryl/α,β-unsaturated/α-hetero) is 1. The Kier molecular flexibility index (Phi) is 9.76. The fourth-order valence-corrected chi connectivity index (χ4v) is 9.23. The topological polar surface area (TPSA) is 152 Å². The molecule has 4 N–H and O–H groups in total. The van der Waals surface area contributed by atoms with Gasteiger partial charge in [-0.05, 0) is 67.1 Å². The van der Waals surface area contributed by atoms with Gasteiger partial charge in [0.05, 0.1) is 12.7 Å². The number of methoxy groups -OCH3 is 1. The number of hydrogen-bond donors (Lipinski definition) is 4. The molecule has 0 saturated carbocycles. The van der Waals surface area contributed by atoms with Crippen molar-refractivity contribution in [2.45, 2.75) is 68.0 Å². The van der Waals surface area contributed by atoms with Crippen LogP contribution in [0.15, 0.2) is 48.5 Å². The van der Waals surface area contributed by atoms with Crippen molar-refractivity contribution in [3.63, 3.8) is 0 Å². The third-order valence-electron chi connectivity index (χ3n) is 8.61. The Morgan fingerprint density at radius 3 is 2.59 bits per heavy atom. The maximum Gasteiger partial charge on any atom is 0.305 e. The van der Waals surface area contributed by atoms with Crippen LogP contribution < -0.4 is 14.2 Å². The molecule has 1 fully saturated rings. The average Bonchev–Trinajstić information content (AvgIpc) is 3.57. The molecule has 46 heavy (non-hydrogen) atoms. The first-order valence-electron chi connectivity index (χ1n) is 15.3. The highest BCUT2D eigenvalue weighted by Gasteiger charge is 2.39. The Morgan fingerprint density at radius 2 is 1.80 bits per heavy atom. The van der Waals surface area contributed by atoms with Gasteiger partial charge in [-0.2, -0.15) is 0 Å². The molecular weight excluding hydrogens is 632 g/mol. The number of aromatic hydroxyl groups is 3. The lowest BCUT2D eigenvalue weighted by Gasteiger charge is -2.35. The van der Waals surface area contributed by atoms with Gasteiger partial charge in [0, 0.05) is 35.0 Å². The lowest BCUT2D eigenvalue weighted by atomic mass is 9.77. The zero-order valence-electron chi connectivity index (χ0n) is 25.2. The predicted molar refractivity (Wildman–Crippen MR) is 173 cm³/mol. The molecule has 1 aliphatic carbocycles. The number of carbonyl (C=O) groups is 2. The number of aliphatic hydroxyl groups is 1. The van der Waals surface area contributed by atoms with Gasteiger partial charge in [-0.3, -0.25) is 9.59 Å². The quantitative estimate of drug-likeness (QED) is 0.117. The van der Waals surface area contributed by atoms with E-state index >= 15 is 0 Å². The second kappa shape index (κ2) is 13.9. The first kappa shape index (κ1) is 32.2. The second-order valence-electron chi connectivity index (χ2n) is 11.7. The van der Waals surface area contributed by atoms with Crippen LogP contribution in [-0.2, 0) is 16.0 Å². The zero-order chi connectivity index (χ0) is 32.4. The number of ether oxygens (including phenoxy) is 4. The molecule has 0 spiro atoms. The zero-order valence-corrected chi connectivity index (χ0v) is 26.9. The summed E-state index contributed by atoms with van der Waals surface area (Å²) in [6, 6.07) is 12.4. The minimum atomic E-state index is -1.43. The third-order valence-corrected chi connectivity index (χ3v) is 11.6. The summed E-state index contributed by atoms with van der Waals surface area (Å²) in [6.45, 7) is -0.0669. The summed E-state index contributed by atoms with van der Waals surface area (Å²) < 4.78 is 23.7. The van der Waals surface area contributed by atoms with Crippen molar-refractivity contribution in [2.75, 3.05) is 19.5 Å². The van der Waals surface area contributed by atoms with Gasteiger partial charge in [0.25, 0.3) is 0 Å². The molecule has 0 amide bonds. The number of phenolic OH excluding ortho intramolecular Hbond substituents is 3. The molecule has 1 saturated heterocycles. The SMILES string of the molecule is COc1cc(C2Oc3cc([C@H]4Cc5cc(O)cc(O)c5C(=O)[C@@H]4O)ccc3OC2COC(=O)CCCCC2CCSS2)ccc1O. The van der Waals surface area contributed by atoms with Gasteiger partial charge in [0.2, 0.25) is 0 Å². The van der Waals surface area contributed by atoms with Crippen molar-refractivity contribution < 1.29 is 49.0 Å². The van der Waals surface area contributed by atoms with Crippen LogP contribution in [0.1, 0.15) is 71.2 Å². The highest BCUT2D eigenvalue weighted by atomic mass is 33.1. The average molecular weight is 669 g/mol. The van der Waals surface area contributed by atoms with Gasteiger partial charge < -0.3 is 39.4 Å². The van der Waals surface area contributed by atoms with E-state index in [0.29, 0.717) is 39.9 Å². The van der Waals surface area contributed by atoms with Gasteiger partial charge >= 0.3 is 5.97 Å². The van der Waals surface area contributed by atoms with Gasteiger partial charge in [-0.25, -0.2) is 0 Å². The van der Waals surface area contributed by atoms with Crippen LogP contribution in [0.4, 0.5) is 0 Å². The number of phenols is 3. The minimum absolute atomic E-state index is 0.00439. The number of benzene rings is 3. The molecule has 3 unspecified atom stereocenters. The van der Waals surface area contributed by atoms with Crippen LogP contribution in [0.3, 0.4) is 0 Å². The molecule has 3 aromatic carbocycles. The molecule has 0 aromatic heterocycles. The molecule has 0 bridgehead atoms. The molecule has 6 rings (SSSR count). The van der Waals surface area contributed by atoms with E-state index in [2.05, 4.69) is 0 Å². The molecule has 12 heteroatoms. The highest BCUT2D eigenvalue weighted by molar-refractivity contribution is 8.77. The molecule has 2 heterocycles. The largest absolute Gasteiger partial charge is 0.508 e. The Bertz CT molecular complexity index is 1600. The normalized spacial score (nSPS) is 23.5. The summed E-state index contributed by atoms with van der Waals surface area (Å²) in [4.78, 5) is 25.7. The van der Waals surface area contributed by atoms with Gasteiger partial charge in [-0.15, -0.1) is 0 Å². The molecule has 5 atom stereocenters. The maximum absolute atomic E-state index is 13.0. The van der Waals surface area contributed by atoms with Gasteiger partial charge in [0.1, 0.15) is 24.2 Å². The second-order valence-corrected chi connectivity index (χ2v) is 14.5. The summed E-state index contributed by atoms with van der Waals surface area (Å²) in [5.41, 5.74) is 1.65. The fraction of sp³-hybridized carbons (Fsp3) is 0.412. The van der Waals surface area contributed by atoms with Gasteiger partial charge in [0.15, 0.2) is 41.0 Å². The standard InChI is InChI=1S/C34H36O10S2/c1-41-27-15-19(6-8-24(27)36)34-29(17-42-30(38)5-3-2-4-22-10-11-45-46-22)43-26-9-7-18(14-28(26)44-34)23-13-20-12-21(35)16-25(37)31(20)33(40)32(23)39/h6-9,12,14-16,22-23,29,32,34-37,39H,2-5,10-11,13,17H2,1H3/t22?,23-,29?,32-,34?/m1/s1. The summed E-state index contributed by atoms with van der Waals surface area (Å²) in [6.07, 6.45) is 1.65. The number of unbranched alkanes of at least 4 members (excludes halogenated alkanes) is 1. The smallest absolute Gasteiger partial charge is 0.305 e. The van der Waals surface area contributed by atoms with E-state index in [0.717, 1.165) is 25.3 Å². The molecule has 2 aliphatic heterocycles. The van der Waals surface area contributed by atoms with E-state index in [9.17, 15) is 30.0 Å². The Hall–Kier alpha value is -3.74. The summed E-state index contributed by atoms with van der Waals surface area (Å²) >= 11 is 0. The number of rotatable bonds is 10. The van der Waals surface area contributed by atoms with E-state index in [4.69, 9.17) is 18.9 Å². The van der Waals surface area contributed by atoms with E-state index in [1.807, 2.05) is 21.6 Å². The van der Waals surface area contributed by atoms with Crippen LogP contribution in [0.5, 0.6) is 34.5 Å². The molecule has 3 aromatic rings. The minimum Gasteiger partial charge on any atom is -0.508 e. The van der Waals surface area contributed by atoms with Crippen LogP contribution in [-0.4, -0.2) is 69.1 Å². The summed E-state index contributed by atoms with van der Waals surface area (Å²) in [5, 5.41) is 42.1. The Balaban J connectivity index is 1.20. The van der Waals surface area contributed by atoms with Crippen molar-refractivity contribution in [1.29, 1.82) is 0 Å². The number of carbonyl (C=O) groups excluding carboxylic acids is 2. The molecule has 10 nitrogen and oxygen atoms in total. The van der Waals surface area contributed by atoms with Crippen LogP contribution in [0, 0.1) is 0 Å². The number of aliphatic hydroxyl groups excluding tert-OH is 1. The lowest BCUT2D eigenvalue weighted by Crippen LogP contribution is -2.38. The molecule has 3 aliphatic rings. The van der Waals surface area contributed by atoms with Crippen molar-refractivity contribution in [1.82, 2.24) is 0 Å². The number of fused-ring (bicyclic) bond motifs is 2. The lowest BCUT2D eigenvalue weighted by molar-refractivity contribution is -0.148. The Labute approximate surface area is 274 Å². The number of esters is 1. The van der Waals surface area contributed by atoms with Gasteiger partial charge in [-0.1, -0.05) is 40.1 Å². The monoisotopic (exact) mass is 668 g/mol. The molecule has 244 valence electrons. The van der Waals surface area contributed by atoms with Crippen LogP contribution in [0.2, 0.25) is 0 Å². The first-order chi connectivity index (χ1) is 22.2.